The van der Waals surface area contributed by atoms with E-state index < -0.39 is 21.7 Å². The molecule has 1 aliphatic heterocycles. The zero-order valence-corrected chi connectivity index (χ0v) is 17.5. The lowest BCUT2D eigenvalue weighted by Crippen LogP contribution is -2.48. The molecule has 10 heteroatoms. The number of piperidine rings is 1. The predicted octanol–water partition coefficient (Wildman–Crippen LogP) is 2.69. The summed E-state index contributed by atoms with van der Waals surface area (Å²) in [6.07, 6.45) is 0.793. The lowest BCUT2D eigenvalue weighted by atomic mass is 9.90. The van der Waals surface area contributed by atoms with E-state index in [0.29, 0.717) is 30.3 Å². The van der Waals surface area contributed by atoms with E-state index in [-0.39, 0.29) is 22.8 Å². The molecule has 0 radical (unpaired) electrons. The standard InChI is InChI=1S/C16H25ClN2O5S2/c1-16(2,3)24-15(21)19-8-6-11(7-9-19)12(10-20)18-26(22,23)14-5-4-13(17)25-14/h4-5,11-12,18,20H,6-10H2,1-3H3/t12-/m1/s1. The maximum absolute atomic E-state index is 12.4. The molecule has 1 aliphatic rings. The van der Waals surface area contributed by atoms with Crippen LogP contribution in [-0.2, 0) is 14.8 Å². The minimum Gasteiger partial charge on any atom is -0.444 e. The Balaban J connectivity index is 1.95. The van der Waals surface area contributed by atoms with E-state index in [1.807, 2.05) is 20.8 Å². The van der Waals surface area contributed by atoms with Crippen LogP contribution in [0.1, 0.15) is 33.6 Å². The zero-order valence-electron chi connectivity index (χ0n) is 15.1. The topological polar surface area (TPSA) is 95.9 Å². The van der Waals surface area contributed by atoms with Gasteiger partial charge in [0.25, 0.3) is 0 Å². The van der Waals surface area contributed by atoms with E-state index >= 15 is 0 Å². The number of hydrogen-bond acceptors (Lipinski definition) is 6. The van der Waals surface area contributed by atoms with Crippen LogP contribution in [-0.4, -0.2) is 55.9 Å². The Morgan fingerprint density at radius 2 is 2.04 bits per heavy atom. The summed E-state index contributed by atoms with van der Waals surface area (Å²) < 4.78 is 33.3. The van der Waals surface area contributed by atoms with Crippen molar-refractivity contribution in [3.05, 3.63) is 16.5 Å². The van der Waals surface area contributed by atoms with Gasteiger partial charge in [0, 0.05) is 19.1 Å². The van der Waals surface area contributed by atoms with E-state index in [2.05, 4.69) is 4.72 Å². The second-order valence-electron chi connectivity index (χ2n) is 7.27. The lowest BCUT2D eigenvalue weighted by Gasteiger charge is -2.36. The second kappa shape index (κ2) is 8.43. The number of aliphatic hydroxyl groups is 1. The van der Waals surface area contributed by atoms with Crippen LogP contribution in [0.4, 0.5) is 4.79 Å². The Kier molecular flexibility index (Phi) is 6.95. The van der Waals surface area contributed by atoms with Gasteiger partial charge in [-0.25, -0.2) is 17.9 Å². The van der Waals surface area contributed by atoms with Gasteiger partial charge in [-0.05, 0) is 51.7 Å². The molecule has 1 saturated heterocycles. The highest BCUT2D eigenvalue weighted by Crippen LogP contribution is 2.27. The van der Waals surface area contributed by atoms with E-state index in [1.165, 1.54) is 12.1 Å². The first-order valence-corrected chi connectivity index (χ1v) is 11.1. The van der Waals surface area contributed by atoms with Crippen molar-refractivity contribution in [3.63, 3.8) is 0 Å². The van der Waals surface area contributed by atoms with Gasteiger partial charge in [-0.15, -0.1) is 11.3 Å². The van der Waals surface area contributed by atoms with Gasteiger partial charge < -0.3 is 14.7 Å². The van der Waals surface area contributed by atoms with Gasteiger partial charge in [-0.3, -0.25) is 0 Å². The maximum atomic E-state index is 12.4. The van der Waals surface area contributed by atoms with Crippen LogP contribution in [0.25, 0.3) is 0 Å². The van der Waals surface area contributed by atoms with Gasteiger partial charge in [0.15, 0.2) is 0 Å². The van der Waals surface area contributed by atoms with Crippen molar-refractivity contribution in [3.8, 4) is 0 Å². The number of ether oxygens (including phenoxy) is 1. The van der Waals surface area contributed by atoms with Crippen molar-refractivity contribution in [1.82, 2.24) is 9.62 Å². The molecule has 26 heavy (non-hydrogen) atoms. The van der Waals surface area contributed by atoms with Crippen molar-refractivity contribution in [2.75, 3.05) is 19.7 Å². The second-order valence-corrected chi connectivity index (χ2v) is 10.9. The number of hydrogen-bond donors (Lipinski definition) is 2. The Hall–Kier alpha value is -0.870. The summed E-state index contributed by atoms with van der Waals surface area (Å²) >= 11 is 6.77. The third-order valence-corrected chi connectivity index (χ3v) is 7.29. The zero-order chi connectivity index (χ0) is 19.5. The van der Waals surface area contributed by atoms with E-state index in [1.54, 1.807) is 4.90 Å². The minimum atomic E-state index is -3.74. The fourth-order valence-corrected chi connectivity index (χ4v) is 5.59. The van der Waals surface area contributed by atoms with Crippen molar-refractivity contribution in [2.24, 2.45) is 5.92 Å². The van der Waals surface area contributed by atoms with E-state index in [0.717, 1.165) is 11.3 Å². The Morgan fingerprint density at radius 1 is 1.42 bits per heavy atom. The largest absolute Gasteiger partial charge is 0.444 e. The summed E-state index contributed by atoms with van der Waals surface area (Å²) in [6.45, 7) is 6.04. The third kappa shape index (κ3) is 5.82. The number of carbonyl (C=O) groups excluding carboxylic acids is 1. The summed E-state index contributed by atoms with van der Waals surface area (Å²) in [5, 5.41) is 9.67. The molecule has 148 valence electrons. The number of sulfonamides is 1. The van der Waals surface area contributed by atoms with Crippen molar-refractivity contribution in [1.29, 1.82) is 0 Å². The van der Waals surface area contributed by atoms with Crippen LogP contribution in [0.2, 0.25) is 4.34 Å². The smallest absolute Gasteiger partial charge is 0.410 e. The molecule has 2 rings (SSSR count). The van der Waals surface area contributed by atoms with Crippen LogP contribution in [0.5, 0.6) is 0 Å². The van der Waals surface area contributed by atoms with Gasteiger partial charge in [0.05, 0.1) is 10.9 Å². The number of amides is 1. The summed E-state index contributed by atoms with van der Waals surface area (Å²) in [6, 6.07) is 2.35. The van der Waals surface area contributed by atoms with Gasteiger partial charge in [0.1, 0.15) is 9.81 Å². The molecular formula is C16H25ClN2O5S2. The third-order valence-electron chi connectivity index (χ3n) is 4.08. The number of thiophene rings is 1. The van der Waals surface area contributed by atoms with Gasteiger partial charge in [-0.2, -0.15) is 0 Å². The average Bonchev–Trinajstić information content (AvgIpc) is 2.99. The van der Waals surface area contributed by atoms with Gasteiger partial charge >= 0.3 is 6.09 Å². The number of carbonyl (C=O) groups is 1. The van der Waals surface area contributed by atoms with Crippen LogP contribution in [0.15, 0.2) is 16.3 Å². The highest BCUT2D eigenvalue weighted by Gasteiger charge is 2.33. The Morgan fingerprint density at radius 3 is 2.50 bits per heavy atom. The van der Waals surface area contributed by atoms with Crippen LogP contribution in [0, 0.1) is 5.92 Å². The molecule has 0 aromatic carbocycles. The van der Waals surface area contributed by atoms with Crippen LogP contribution in [0.3, 0.4) is 0 Å². The minimum absolute atomic E-state index is 0.0658. The first kappa shape index (κ1) is 21.4. The highest BCUT2D eigenvalue weighted by molar-refractivity contribution is 7.91. The number of likely N-dealkylation sites (tertiary alicyclic amines) is 1. The van der Waals surface area contributed by atoms with Crippen molar-refractivity contribution in [2.45, 2.75) is 49.5 Å². The summed E-state index contributed by atoms with van der Waals surface area (Å²) in [7, 11) is -3.74. The first-order valence-electron chi connectivity index (χ1n) is 8.38. The molecule has 7 nitrogen and oxygen atoms in total. The SMILES string of the molecule is CC(C)(C)OC(=O)N1CCC([C@@H](CO)NS(=O)(=O)c2ccc(Cl)s2)CC1. The van der Waals surface area contributed by atoms with Gasteiger partial charge in [0.2, 0.25) is 10.0 Å². The summed E-state index contributed by atoms with van der Waals surface area (Å²) in [5.41, 5.74) is -0.556. The number of rotatable bonds is 5. The van der Waals surface area contributed by atoms with Crippen LogP contribution >= 0.6 is 22.9 Å². The maximum Gasteiger partial charge on any atom is 0.410 e. The molecule has 0 unspecified atom stereocenters. The quantitative estimate of drug-likeness (QED) is 0.757. The van der Waals surface area contributed by atoms with Gasteiger partial charge in [-0.1, -0.05) is 11.6 Å². The molecule has 1 amide bonds. The normalized spacial score (nSPS) is 18.0. The molecule has 1 aromatic rings. The van der Waals surface area contributed by atoms with E-state index in [9.17, 15) is 18.3 Å². The molecule has 0 spiro atoms. The fourth-order valence-electron chi connectivity index (χ4n) is 2.79. The lowest BCUT2D eigenvalue weighted by molar-refractivity contribution is 0.0163. The monoisotopic (exact) mass is 424 g/mol. The number of aliphatic hydroxyl groups excluding tert-OH is 1. The Bertz CT molecular complexity index is 721. The molecular weight excluding hydrogens is 400 g/mol. The number of nitrogens with zero attached hydrogens (tertiary/aromatic N) is 1. The molecule has 2 heterocycles. The highest BCUT2D eigenvalue weighted by atomic mass is 35.5. The summed E-state index contributed by atoms with van der Waals surface area (Å²) in [5.74, 6) is -0.0658. The molecule has 0 saturated carbocycles. The van der Waals surface area contributed by atoms with Crippen molar-refractivity contribution < 1.29 is 23.1 Å². The van der Waals surface area contributed by atoms with E-state index in [4.69, 9.17) is 16.3 Å². The molecule has 1 atom stereocenters. The average molecular weight is 425 g/mol. The Labute approximate surface area is 163 Å². The fraction of sp³-hybridized carbons (Fsp3) is 0.688. The molecule has 0 aliphatic carbocycles. The molecule has 0 bridgehead atoms. The summed E-state index contributed by atoms with van der Waals surface area (Å²) in [4.78, 5) is 13.7. The first-order chi connectivity index (χ1) is 12.0. The molecule has 1 fully saturated rings. The predicted molar refractivity (Wildman–Crippen MR) is 101 cm³/mol. The van der Waals surface area contributed by atoms with Crippen LogP contribution < -0.4 is 4.72 Å². The molecule has 1 aromatic heterocycles. The number of halogens is 1. The molecule has 2 N–H and O–H groups in total. The van der Waals surface area contributed by atoms with Crippen molar-refractivity contribution >= 4 is 39.1 Å². The number of nitrogens with one attached hydrogen (secondary N) is 1.